The molecule has 0 aliphatic carbocycles. The molecule has 0 N–H and O–H groups in total. The molecule has 1 radical (unpaired) electrons. The van der Waals surface area contributed by atoms with Gasteiger partial charge in [0, 0.05) is 0 Å². The molecule has 0 aromatic rings. The Balaban J connectivity index is 0. The molecule has 0 fully saturated rings. The zero-order valence-corrected chi connectivity index (χ0v) is 7.73. The Hall–Kier alpha value is 1.53. The Labute approximate surface area is 69.6 Å². The average Bonchev–Trinajstić information content (AvgIpc) is 0. The summed E-state index contributed by atoms with van der Waals surface area (Å²) in [6, 6.07) is 0. The summed E-state index contributed by atoms with van der Waals surface area (Å²) in [5, 5.41) is 0. The molecule has 6 heavy (non-hydrogen) atoms. The van der Waals surface area contributed by atoms with Crippen molar-refractivity contribution in [3.05, 3.63) is 0 Å². The molecule has 0 aliphatic rings. The third-order valence-electron chi connectivity index (χ3n) is 0. The van der Waals surface area contributed by atoms with Gasteiger partial charge in [-0.15, -0.1) is 0 Å². The third-order valence-corrected chi connectivity index (χ3v) is 0. The molecular weight excluding hydrogens is 228 g/mol. The number of rotatable bonds is 0. The molecule has 0 saturated heterocycles. The summed E-state index contributed by atoms with van der Waals surface area (Å²) in [4.78, 5) is 0. The summed E-state index contributed by atoms with van der Waals surface area (Å²) >= 11 is 0. The van der Waals surface area contributed by atoms with E-state index in [4.69, 9.17) is 0 Å². The Morgan fingerprint density at radius 2 is 0.667 bits per heavy atom. The molecule has 0 unspecified atom stereocenters. The van der Waals surface area contributed by atoms with Crippen LogP contribution in [-0.2, 0) is 69.8 Å². The molecule has 0 bridgehead atoms. The Morgan fingerprint density at radius 3 is 0.667 bits per heavy atom. The van der Waals surface area contributed by atoms with Crippen molar-refractivity contribution in [1.82, 2.24) is 0 Å². The van der Waals surface area contributed by atoms with Gasteiger partial charge < -0.3 is 16.4 Å². The second kappa shape index (κ2) is 85.4. The van der Waals surface area contributed by atoms with E-state index in [9.17, 15) is 0 Å². The first kappa shape index (κ1) is 137. The van der Waals surface area contributed by atoms with Crippen LogP contribution in [0.3, 0.4) is 0 Å². The fraction of sp³-hybridized carbons (Fsp3) is 0. The molecule has 0 atom stereocenters. The van der Waals surface area contributed by atoms with Crippen molar-refractivity contribution in [2.24, 2.45) is 0 Å². The fourth-order valence-electron chi connectivity index (χ4n) is 0. The first-order valence-corrected chi connectivity index (χ1v) is 0. The predicted molar refractivity (Wildman–Crippen MR) is 2.06 cm³/mol. The van der Waals surface area contributed by atoms with Crippen LogP contribution in [0.1, 0.15) is 0 Å². The van der Waals surface area contributed by atoms with Crippen LogP contribution < -0.4 is 0 Å². The fourth-order valence-corrected chi connectivity index (χ4v) is 0. The van der Waals surface area contributed by atoms with Crippen LogP contribution in [0.15, 0.2) is 0 Å². The molecule has 0 saturated carbocycles. The standard InChI is InChI=1S/Co.Fe.3O.Zn/q2*+2;3*-2;+2. The Kier molecular flexibility index (Phi) is 1950. The second-order valence-electron chi connectivity index (χ2n) is 0. The van der Waals surface area contributed by atoms with Crippen molar-refractivity contribution in [3.8, 4) is 0 Å². The zero-order valence-electron chi connectivity index (χ0n) is 2.62. The molecule has 0 heterocycles. The minimum absolute atomic E-state index is 0. The van der Waals surface area contributed by atoms with Gasteiger partial charge in [-0.25, -0.2) is 0 Å². The molecule has 3 nitrogen and oxygen atoms in total. The van der Waals surface area contributed by atoms with Crippen molar-refractivity contribution in [3.63, 3.8) is 0 Å². The molecule has 37 valence electrons. The molecule has 0 aromatic carbocycles. The maximum absolute atomic E-state index is 0. The minimum Gasteiger partial charge on any atom is -2.00 e. The second-order valence-corrected chi connectivity index (χ2v) is 0. The van der Waals surface area contributed by atoms with Gasteiger partial charge in [-0.3, -0.25) is 0 Å². The van der Waals surface area contributed by atoms with Crippen LogP contribution in [0, 0.1) is 0 Å². The molecule has 0 amide bonds. The Bertz CT molecular complexity index is 10.8. The quantitative estimate of drug-likeness (QED) is 0.507. The maximum Gasteiger partial charge on any atom is 2.00 e. The number of hydrogen-bond acceptors (Lipinski definition) is 0. The van der Waals surface area contributed by atoms with Gasteiger partial charge in [0.15, 0.2) is 0 Å². The van der Waals surface area contributed by atoms with Gasteiger partial charge >= 0.3 is 53.3 Å². The number of hydrogen-bond donors (Lipinski definition) is 0. The van der Waals surface area contributed by atoms with Gasteiger partial charge in [0.05, 0.1) is 0 Å². The van der Waals surface area contributed by atoms with Crippen LogP contribution in [-0.4, -0.2) is 0 Å². The molecular formula is CoFeO3Zn. The maximum atomic E-state index is 0. The van der Waals surface area contributed by atoms with Gasteiger partial charge in [-0.05, 0) is 0 Å². The van der Waals surface area contributed by atoms with E-state index in [1.807, 2.05) is 0 Å². The van der Waals surface area contributed by atoms with Gasteiger partial charge in [-0.2, -0.15) is 0 Å². The van der Waals surface area contributed by atoms with E-state index in [0.717, 1.165) is 0 Å². The van der Waals surface area contributed by atoms with Gasteiger partial charge in [0.1, 0.15) is 0 Å². The van der Waals surface area contributed by atoms with Crippen LogP contribution in [0.5, 0.6) is 0 Å². The van der Waals surface area contributed by atoms with E-state index < -0.39 is 0 Å². The summed E-state index contributed by atoms with van der Waals surface area (Å²) in [5.74, 6) is 0. The van der Waals surface area contributed by atoms with E-state index in [1.54, 1.807) is 0 Å². The van der Waals surface area contributed by atoms with Crippen LogP contribution >= 0.6 is 0 Å². The van der Waals surface area contributed by atoms with E-state index >= 15 is 0 Å². The van der Waals surface area contributed by atoms with E-state index in [0.29, 0.717) is 0 Å². The normalized spacial score (nSPS) is 0. The Morgan fingerprint density at radius 1 is 0.667 bits per heavy atom. The van der Waals surface area contributed by atoms with Crippen molar-refractivity contribution in [1.29, 1.82) is 0 Å². The molecule has 0 rings (SSSR count). The topological polar surface area (TPSA) is 85.5 Å². The van der Waals surface area contributed by atoms with Crippen molar-refractivity contribution in [2.75, 3.05) is 0 Å². The molecule has 6 heteroatoms. The van der Waals surface area contributed by atoms with Gasteiger partial charge in [0.2, 0.25) is 0 Å². The molecule has 0 aliphatic heterocycles. The third kappa shape index (κ3) is 48.5. The SMILES string of the molecule is [Co+2].[Fe+2].[O-2].[O-2].[O-2].[Zn+2]. The van der Waals surface area contributed by atoms with Crippen LogP contribution in [0.2, 0.25) is 0 Å². The zero-order chi connectivity index (χ0) is 0. The summed E-state index contributed by atoms with van der Waals surface area (Å²) in [6.45, 7) is 0. The van der Waals surface area contributed by atoms with Gasteiger partial charge in [0.25, 0.3) is 0 Å². The van der Waals surface area contributed by atoms with Crippen LogP contribution in [0.4, 0.5) is 0 Å². The average molecular weight is 228 g/mol. The summed E-state index contributed by atoms with van der Waals surface area (Å²) in [5.41, 5.74) is 0. The largest absolute Gasteiger partial charge is 2.00 e. The predicted octanol–water partition coefficient (Wildman–Crippen LogP) is -0.364. The summed E-state index contributed by atoms with van der Waals surface area (Å²) in [6.07, 6.45) is 0. The van der Waals surface area contributed by atoms with E-state index in [1.165, 1.54) is 0 Å². The van der Waals surface area contributed by atoms with E-state index in [2.05, 4.69) is 0 Å². The monoisotopic (exact) mass is 227 g/mol. The van der Waals surface area contributed by atoms with Crippen molar-refractivity contribution in [2.45, 2.75) is 0 Å². The first-order chi connectivity index (χ1) is 0. The summed E-state index contributed by atoms with van der Waals surface area (Å²) in [7, 11) is 0. The van der Waals surface area contributed by atoms with E-state index in [-0.39, 0.29) is 69.8 Å². The molecule has 0 aromatic heterocycles. The smallest absolute Gasteiger partial charge is 2.00 e. The van der Waals surface area contributed by atoms with Gasteiger partial charge in [-0.1, -0.05) is 0 Å². The van der Waals surface area contributed by atoms with Crippen LogP contribution in [0.25, 0.3) is 0 Å². The van der Waals surface area contributed by atoms with Crippen molar-refractivity contribution < 1.29 is 69.8 Å². The first-order valence-electron chi connectivity index (χ1n) is 0. The summed E-state index contributed by atoms with van der Waals surface area (Å²) < 4.78 is 0. The van der Waals surface area contributed by atoms with Crippen molar-refractivity contribution >= 4 is 0 Å². The minimum atomic E-state index is 0. The molecule has 0 spiro atoms.